The summed E-state index contributed by atoms with van der Waals surface area (Å²) in [6.45, 7) is 2.00. The maximum Gasteiger partial charge on any atom is 0.127 e. The number of rotatable bonds is 1. The molecule has 0 spiro atoms. The Hall–Kier alpha value is -2.49. The van der Waals surface area contributed by atoms with Crippen molar-refractivity contribution in [3.63, 3.8) is 0 Å². The summed E-state index contributed by atoms with van der Waals surface area (Å²) in [6, 6.07) is 21.7. The molecule has 1 radical (unpaired) electrons. The zero-order valence-electron chi connectivity index (χ0n) is 12.6. The SMILES string of the molecule is [Ir].[c-]1cccc2c1N1[CH-]N(c3ccncc3)N=C1c1ccccc1-2. The molecule has 5 rings (SSSR count). The number of hydrogen-bond donors (Lipinski definition) is 0. The van der Waals surface area contributed by atoms with Gasteiger partial charge in [-0.15, -0.1) is 12.2 Å². The van der Waals surface area contributed by atoms with Gasteiger partial charge in [-0.05, 0) is 12.1 Å². The van der Waals surface area contributed by atoms with E-state index in [2.05, 4.69) is 40.2 Å². The molecule has 0 atom stereocenters. The molecular formula is C19H12IrN4-2. The van der Waals surface area contributed by atoms with Gasteiger partial charge >= 0.3 is 0 Å². The first kappa shape index (κ1) is 15.1. The monoisotopic (exact) mass is 489 g/mol. The first-order chi connectivity index (χ1) is 11.4. The third-order valence-corrected chi connectivity index (χ3v) is 4.12. The largest absolute Gasteiger partial charge is 0.476 e. The zero-order valence-corrected chi connectivity index (χ0v) is 14.9. The second kappa shape index (κ2) is 5.86. The van der Waals surface area contributed by atoms with Gasteiger partial charge in [0.05, 0.1) is 0 Å². The molecule has 0 amide bonds. The summed E-state index contributed by atoms with van der Waals surface area (Å²) in [5, 5.41) is 6.67. The smallest absolute Gasteiger partial charge is 0.127 e. The van der Waals surface area contributed by atoms with Gasteiger partial charge in [0, 0.05) is 43.7 Å². The Balaban J connectivity index is 0.00000146. The zero-order chi connectivity index (χ0) is 15.2. The summed E-state index contributed by atoms with van der Waals surface area (Å²) < 4.78 is 0. The van der Waals surface area contributed by atoms with Crippen molar-refractivity contribution in [3.05, 3.63) is 85.3 Å². The van der Waals surface area contributed by atoms with Gasteiger partial charge in [0.2, 0.25) is 0 Å². The number of fused-ring (bicyclic) bond motifs is 6. The second-order valence-corrected chi connectivity index (χ2v) is 5.44. The van der Waals surface area contributed by atoms with Crippen molar-refractivity contribution in [1.82, 2.24) is 4.98 Å². The molecule has 3 aromatic rings. The number of amidine groups is 1. The van der Waals surface area contributed by atoms with E-state index in [4.69, 9.17) is 5.10 Å². The predicted molar refractivity (Wildman–Crippen MR) is 90.7 cm³/mol. The maximum atomic E-state index is 4.79. The molecule has 0 bridgehead atoms. The predicted octanol–water partition coefficient (Wildman–Crippen LogP) is 3.67. The molecule has 2 aromatic carbocycles. The molecule has 2 aliphatic heterocycles. The van der Waals surface area contributed by atoms with E-state index in [1.807, 2.05) is 42.0 Å². The van der Waals surface area contributed by atoms with E-state index < -0.39 is 0 Å². The molecule has 1 aromatic heterocycles. The topological polar surface area (TPSA) is 31.7 Å². The van der Waals surface area contributed by atoms with Crippen LogP contribution >= 0.6 is 0 Å². The maximum absolute atomic E-state index is 4.79. The van der Waals surface area contributed by atoms with Crippen molar-refractivity contribution in [1.29, 1.82) is 0 Å². The average molecular weight is 489 g/mol. The van der Waals surface area contributed by atoms with Gasteiger partial charge in [-0.1, -0.05) is 35.5 Å². The van der Waals surface area contributed by atoms with Gasteiger partial charge in [-0.2, -0.15) is 29.4 Å². The van der Waals surface area contributed by atoms with Crippen LogP contribution in [0.4, 0.5) is 11.4 Å². The van der Waals surface area contributed by atoms with Crippen LogP contribution in [0.3, 0.4) is 0 Å². The number of nitrogens with zero attached hydrogens (tertiary/aromatic N) is 4. The number of hydrogen-bond acceptors (Lipinski definition) is 4. The molecule has 0 aliphatic carbocycles. The molecule has 2 aliphatic rings. The molecular weight excluding hydrogens is 476 g/mol. The minimum atomic E-state index is 0. The fourth-order valence-corrected chi connectivity index (χ4v) is 3.07. The summed E-state index contributed by atoms with van der Waals surface area (Å²) in [5.74, 6) is 0.923. The third-order valence-electron chi connectivity index (χ3n) is 4.12. The van der Waals surface area contributed by atoms with Crippen molar-refractivity contribution in [3.8, 4) is 11.1 Å². The van der Waals surface area contributed by atoms with E-state index >= 15 is 0 Å². The Morgan fingerprint density at radius 3 is 2.46 bits per heavy atom. The van der Waals surface area contributed by atoms with E-state index in [0.29, 0.717) is 0 Å². The molecule has 119 valence electrons. The van der Waals surface area contributed by atoms with E-state index in [1.54, 1.807) is 12.4 Å². The van der Waals surface area contributed by atoms with Gasteiger partial charge in [0.25, 0.3) is 0 Å². The molecule has 24 heavy (non-hydrogen) atoms. The van der Waals surface area contributed by atoms with Crippen LogP contribution in [-0.2, 0) is 20.1 Å². The molecule has 0 N–H and O–H groups in total. The van der Waals surface area contributed by atoms with Gasteiger partial charge in [-0.3, -0.25) is 4.98 Å². The quantitative estimate of drug-likeness (QED) is 0.490. The molecule has 3 heterocycles. The normalized spacial score (nSPS) is 14.2. The molecule has 4 nitrogen and oxygen atoms in total. The van der Waals surface area contributed by atoms with E-state index in [0.717, 1.165) is 22.8 Å². The van der Waals surface area contributed by atoms with Crippen molar-refractivity contribution < 1.29 is 20.1 Å². The fourth-order valence-electron chi connectivity index (χ4n) is 3.07. The van der Waals surface area contributed by atoms with Crippen LogP contribution in [0.15, 0.2) is 72.1 Å². The Bertz CT molecular complexity index is 923. The fraction of sp³-hybridized carbons (Fsp3) is 0. The first-order valence-electron chi connectivity index (χ1n) is 7.44. The molecule has 0 unspecified atom stereocenters. The van der Waals surface area contributed by atoms with Gasteiger partial charge in [0.15, 0.2) is 0 Å². The van der Waals surface area contributed by atoms with Crippen molar-refractivity contribution in [2.45, 2.75) is 0 Å². The average Bonchev–Trinajstić information content (AvgIpc) is 3.09. The Morgan fingerprint density at radius 2 is 1.62 bits per heavy atom. The van der Waals surface area contributed by atoms with Gasteiger partial charge < -0.3 is 9.91 Å². The first-order valence-corrected chi connectivity index (χ1v) is 7.44. The van der Waals surface area contributed by atoms with E-state index in [9.17, 15) is 0 Å². The number of aromatic nitrogens is 1. The molecule has 0 saturated heterocycles. The van der Waals surface area contributed by atoms with Crippen molar-refractivity contribution >= 4 is 17.2 Å². The molecule has 0 saturated carbocycles. The van der Waals surface area contributed by atoms with Crippen LogP contribution in [0, 0.1) is 12.7 Å². The molecule has 0 fully saturated rings. The summed E-state index contributed by atoms with van der Waals surface area (Å²) in [5.41, 5.74) is 5.51. The van der Waals surface area contributed by atoms with Crippen LogP contribution in [0.2, 0.25) is 0 Å². The van der Waals surface area contributed by atoms with Crippen LogP contribution in [0.25, 0.3) is 11.1 Å². The number of pyridine rings is 1. The summed E-state index contributed by atoms with van der Waals surface area (Å²) in [6.07, 6.45) is 3.55. The number of hydrazone groups is 1. The Morgan fingerprint density at radius 1 is 0.875 bits per heavy atom. The van der Waals surface area contributed by atoms with Crippen LogP contribution < -0.4 is 9.91 Å². The standard InChI is InChI=1S/C19H12N4.Ir/c1-2-7-17-15(5-1)16-6-3-4-8-18(16)22-13-23(21-19(17)22)14-9-11-20-12-10-14;/h1-7,9-13H;/q-2;. The number of benzene rings is 2. The third kappa shape index (κ3) is 2.17. The van der Waals surface area contributed by atoms with Gasteiger partial charge in [-0.25, -0.2) is 0 Å². The van der Waals surface area contributed by atoms with E-state index in [-0.39, 0.29) is 20.1 Å². The van der Waals surface area contributed by atoms with Crippen LogP contribution in [-0.4, -0.2) is 10.8 Å². The summed E-state index contributed by atoms with van der Waals surface area (Å²) >= 11 is 0. The van der Waals surface area contributed by atoms with Crippen molar-refractivity contribution in [2.24, 2.45) is 5.10 Å². The van der Waals surface area contributed by atoms with Crippen LogP contribution in [0.5, 0.6) is 0 Å². The summed E-state index contributed by atoms with van der Waals surface area (Å²) in [4.78, 5) is 6.17. The summed E-state index contributed by atoms with van der Waals surface area (Å²) in [7, 11) is 0. The van der Waals surface area contributed by atoms with Crippen molar-refractivity contribution in [2.75, 3.05) is 9.91 Å². The Kier molecular flexibility index (Phi) is 3.68. The van der Waals surface area contributed by atoms with Gasteiger partial charge in [0.1, 0.15) is 5.84 Å². The van der Waals surface area contributed by atoms with E-state index in [1.165, 1.54) is 11.1 Å². The number of anilines is 2. The number of para-hydroxylation sites is 1. The minimum Gasteiger partial charge on any atom is -0.476 e. The van der Waals surface area contributed by atoms with Crippen LogP contribution in [0.1, 0.15) is 5.56 Å². The Labute approximate surface area is 153 Å². The minimum absolute atomic E-state index is 0. The molecule has 5 heteroatoms. The second-order valence-electron chi connectivity index (χ2n) is 5.44.